The highest BCUT2D eigenvalue weighted by Crippen LogP contribution is 2.35. The maximum atomic E-state index is 11.2. The molecule has 2 rings (SSSR count). The molecule has 2 aliphatic rings. The summed E-state index contributed by atoms with van der Waals surface area (Å²) in [6, 6.07) is 0. The van der Waals surface area contributed by atoms with Gasteiger partial charge in [0.25, 0.3) is 0 Å². The molecule has 17 heavy (non-hydrogen) atoms. The second-order valence-corrected chi connectivity index (χ2v) is 5.49. The van der Waals surface area contributed by atoms with Crippen molar-refractivity contribution in [1.82, 2.24) is 10.2 Å². The Morgan fingerprint density at radius 1 is 1.41 bits per heavy atom. The van der Waals surface area contributed by atoms with Gasteiger partial charge in [0, 0.05) is 19.6 Å². The summed E-state index contributed by atoms with van der Waals surface area (Å²) in [6.07, 6.45) is 5.77. The average Bonchev–Trinajstić information content (AvgIpc) is 2.37. The SMILES string of the molecule is COC(=O)CCN1CCCC2(CCCNC2)C1. The number of rotatable bonds is 3. The summed E-state index contributed by atoms with van der Waals surface area (Å²) in [5.41, 5.74) is 0.479. The molecule has 2 saturated heterocycles. The number of nitrogens with one attached hydrogen (secondary N) is 1. The van der Waals surface area contributed by atoms with Gasteiger partial charge in [-0.25, -0.2) is 0 Å². The maximum Gasteiger partial charge on any atom is 0.306 e. The smallest absolute Gasteiger partial charge is 0.306 e. The van der Waals surface area contributed by atoms with Crippen molar-refractivity contribution in [2.75, 3.05) is 39.8 Å². The minimum atomic E-state index is -0.0913. The third-order valence-corrected chi connectivity index (χ3v) is 4.16. The molecule has 98 valence electrons. The van der Waals surface area contributed by atoms with Crippen molar-refractivity contribution >= 4 is 5.97 Å². The van der Waals surface area contributed by atoms with Gasteiger partial charge in [-0.2, -0.15) is 0 Å². The zero-order valence-corrected chi connectivity index (χ0v) is 10.8. The van der Waals surface area contributed by atoms with E-state index in [1.54, 1.807) is 0 Å². The molecule has 2 heterocycles. The Hall–Kier alpha value is -0.610. The Morgan fingerprint density at radius 3 is 2.94 bits per heavy atom. The van der Waals surface area contributed by atoms with Gasteiger partial charge < -0.3 is 15.0 Å². The summed E-state index contributed by atoms with van der Waals surface area (Å²) in [4.78, 5) is 13.6. The van der Waals surface area contributed by atoms with Crippen LogP contribution in [0.3, 0.4) is 0 Å². The van der Waals surface area contributed by atoms with E-state index in [0.29, 0.717) is 11.8 Å². The van der Waals surface area contributed by atoms with E-state index in [2.05, 4.69) is 10.2 Å². The molecule has 0 aromatic heterocycles. The number of likely N-dealkylation sites (tertiary alicyclic amines) is 1. The quantitative estimate of drug-likeness (QED) is 0.748. The second-order valence-electron chi connectivity index (χ2n) is 5.49. The third kappa shape index (κ3) is 3.42. The van der Waals surface area contributed by atoms with Gasteiger partial charge in [-0.3, -0.25) is 4.79 Å². The molecule has 0 amide bonds. The molecule has 4 heteroatoms. The zero-order valence-electron chi connectivity index (χ0n) is 10.8. The molecule has 1 atom stereocenters. The van der Waals surface area contributed by atoms with E-state index in [4.69, 9.17) is 4.74 Å². The summed E-state index contributed by atoms with van der Waals surface area (Å²) in [5, 5.41) is 3.52. The van der Waals surface area contributed by atoms with Crippen molar-refractivity contribution in [3.8, 4) is 0 Å². The summed E-state index contributed by atoms with van der Waals surface area (Å²) in [6.45, 7) is 5.47. The van der Waals surface area contributed by atoms with Crippen LogP contribution in [0.5, 0.6) is 0 Å². The summed E-state index contributed by atoms with van der Waals surface area (Å²) < 4.78 is 4.70. The lowest BCUT2D eigenvalue weighted by Crippen LogP contribution is -2.51. The highest BCUT2D eigenvalue weighted by molar-refractivity contribution is 5.69. The molecule has 4 nitrogen and oxygen atoms in total. The molecule has 1 unspecified atom stereocenters. The van der Waals surface area contributed by atoms with Crippen LogP contribution in [0.15, 0.2) is 0 Å². The molecule has 1 spiro atoms. The first-order chi connectivity index (χ1) is 8.24. The van der Waals surface area contributed by atoms with Crippen LogP contribution >= 0.6 is 0 Å². The minimum Gasteiger partial charge on any atom is -0.469 e. The van der Waals surface area contributed by atoms with Gasteiger partial charge in [-0.15, -0.1) is 0 Å². The fraction of sp³-hybridized carbons (Fsp3) is 0.923. The summed E-state index contributed by atoms with van der Waals surface area (Å²) >= 11 is 0. The predicted molar refractivity (Wildman–Crippen MR) is 66.8 cm³/mol. The number of methoxy groups -OCH3 is 1. The largest absolute Gasteiger partial charge is 0.469 e. The minimum absolute atomic E-state index is 0.0913. The lowest BCUT2D eigenvalue weighted by Gasteiger charge is -2.45. The number of hydrogen-bond donors (Lipinski definition) is 1. The van der Waals surface area contributed by atoms with Gasteiger partial charge in [-0.05, 0) is 44.2 Å². The van der Waals surface area contributed by atoms with Crippen molar-refractivity contribution in [2.45, 2.75) is 32.1 Å². The van der Waals surface area contributed by atoms with E-state index in [-0.39, 0.29) is 5.97 Å². The monoisotopic (exact) mass is 240 g/mol. The molecule has 0 aromatic rings. The highest BCUT2D eigenvalue weighted by atomic mass is 16.5. The Kier molecular flexibility index (Phi) is 4.40. The number of esters is 1. The van der Waals surface area contributed by atoms with E-state index in [1.807, 2.05) is 0 Å². The number of ether oxygens (including phenoxy) is 1. The van der Waals surface area contributed by atoms with E-state index >= 15 is 0 Å². The molecule has 2 aliphatic heterocycles. The molecule has 1 N–H and O–H groups in total. The van der Waals surface area contributed by atoms with Crippen LogP contribution < -0.4 is 5.32 Å². The first kappa shape index (κ1) is 12.8. The van der Waals surface area contributed by atoms with Crippen LogP contribution in [-0.2, 0) is 9.53 Å². The molecule has 0 aliphatic carbocycles. The van der Waals surface area contributed by atoms with Gasteiger partial charge in [-0.1, -0.05) is 0 Å². The molecular formula is C13H24N2O2. The summed E-state index contributed by atoms with van der Waals surface area (Å²) in [5.74, 6) is -0.0913. The number of piperidine rings is 2. The van der Waals surface area contributed by atoms with Crippen molar-refractivity contribution in [1.29, 1.82) is 0 Å². The topological polar surface area (TPSA) is 41.6 Å². The van der Waals surface area contributed by atoms with Crippen LogP contribution in [-0.4, -0.2) is 50.7 Å². The van der Waals surface area contributed by atoms with Crippen molar-refractivity contribution in [2.24, 2.45) is 5.41 Å². The second kappa shape index (κ2) is 5.83. The van der Waals surface area contributed by atoms with Gasteiger partial charge in [0.15, 0.2) is 0 Å². The normalized spacial score (nSPS) is 30.4. The fourth-order valence-electron chi connectivity index (χ4n) is 3.23. The average molecular weight is 240 g/mol. The lowest BCUT2D eigenvalue weighted by atomic mass is 9.74. The predicted octanol–water partition coefficient (Wildman–Crippen LogP) is 1.02. The highest BCUT2D eigenvalue weighted by Gasteiger charge is 2.36. The standard InChI is InChI=1S/C13H24N2O2/c1-17-12(16)4-9-15-8-3-6-13(11-15)5-2-7-14-10-13/h14H,2-11H2,1H3. The van der Waals surface area contributed by atoms with Gasteiger partial charge >= 0.3 is 5.97 Å². The molecule has 2 fully saturated rings. The van der Waals surface area contributed by atoms with Crippen LogP contribution in [0.4, 0.5) is 0 Å². The van der Waals surface area contributed by atoms with Gasteiger partial charge in [0.05, 0.1) is 13.5 Å². The first-order valence-corrected chi connectivity index (χ1v) is 6.74. The number of carbonyl (C=O) groups is 1. The number of hydrogen-bond acceptors (Lipinski definition) is 4. The Labute approximate surface area is 104 Å². The van der Waals surface area contributed by atoms with E-state index in [9.17, 15) is 4.79 Å². The Morgan fingerprint density at radius 2 is 2.24 bits per heavy atom. The molecule has 0 bridgehead atoms. The molecular weight excluding hydrogens is 216 g/mol. The molecule has 0 radical (unpaired) electrons. The van der Waals surface area contributed by atoms with Crippen LogP contribution in [0.25, 0.3) is 0 Å². The van der Waals surface area contributed by atoms with E-state index in [1.165, 1.54) is 39.3 Å². The van der Waals surface area contributed by atoms with Crippen molar-refractivity contribution in [3.63, 3.8) is 0 Å². The maximum absolute atomic E-state index is 11.2. The van der Waals surface area contributed by atoms with Crippen LogP contribution in [0.2, 0.25) is 0 Å². The van der Waals surface area contributed by atoms with E-state index in [0.717, 1.165) is 26.2 Å². The Bertz CT molecular complexity index is 257. The number of nitrogens with zero attached hydrogens (tertiary/aromatic N) is 1. The van der Waals surface area contributed by atoms with E-state index < -0.39 is 0 Å². The van der Waals surface area contributed by atoms with Gasteiger partial charge in [0.1, 0.15) is 0 Å². The van der Waals surface area contributed by atoms with Crippen LogP contribution in [0.1, 0.15) is 32.1 Å². The van der Waals surface area contributed by atoms with Crippen molar-refractivity contribution in [3.05, 3.63) is 0 Å². The summed E-state index contributed by atoms with van der Waals surface area (Å²) in [7, 11) is 1.46. The fourth-order valence-corrected chi connectivity index (χ4v) is 3.23. The third-order valence-electron chi connectivity index (χ3n) is 4.16. The van der Waals surface area contributed by atoms with Crippen LogP contribution in [0, 0.1) is 5.41 Å². The van der Waals surface area contributed by atoms with Crippen molar-refractivity contribution < 1.29 is 9.53 Å². The zero-order chi connectivity index (χ0) is 12.1. The lowest BCUT2D eigenvalue weighted by molar-refractivity contribution is -0.141. The molecule has 0 aromatic carbocycles. The Balaban J connectivity index is 1.81. The number of carbonyl (C=O) groups excluding carboxylic acids is 1. The van der Waals surface area contributed by atoms with Gasteiger partial charge in [0.2, 0.25) is 0 Å². The first-order valence-electron chi connectivity index (χ1n) is 6.74. The molecule has 0 saturated carbocycles.